The fourth-order valence-electron chi connectivity index (χ4n) is 3.13. The Morgan fingerprint density at radius 1 is 1.10 bits per heavy atom. The van der Waals surface area contributed by atoms with Gasteiger partial charge in [0.05, 0.1) is 5.92 Å². The van der Waals surface area contributed by atoms with Crippen LogP contribution in [0.2, 0.25) is 0 Å². The smallest absolute Gasteiger partial charge is 0.243 e. The third-order valence-corrected chi connectivity index (χ3v) is 4.41. The van der Waals surface area contributed by atoms with Crippen LogP contribution in [0.3, 0.4) is 0 Å². The van der Waals surface area contributed by atoms with Gasteiger partial charge in [-0.2, -0.15) is 0 Å². The van der Waals surface area contributed by atoms with E-state index in [0.29, 0.717) is 6.04 Å². The van der Waals surface area contributed by atoms with Crippen LogP contribution in [0.25, 0.3) is 0 Å². The van der Waals surface area contributed by atoms with E-state index in [9.17, 15) is 9.59 Å². The van der Waals surface area contributed by atoms with Crippen molar-refractivity contribution < 1.29 is 9.59 Å². The van der Waals surface area contributed by atoms with Gasteiger partial charge in [-0.1, -0.05) is 0 Å². The number of nitrogens with zero attached hydrogens (tertiary/aromatic N) is 1. The second-order valence-electron chi connectivity index (χ2n) is 6.02. The fraction of sp³-hybridized carbons (Fsp3) is 0.857. The minimum Gasteiger partial charge on any atom is -0.352 e. The van der Waals surface area contributed by atoms with E-state index in [4.69, 9.17) is 0 Å². The highest BCUT2D eigenvalue weighted by Gasteiger charge is 2.38. The number of hydrogen-bond donors (Lipinski definition) is 2. The van der Waals surface area contributed by atoms with Gasteiger partial charge >= 0.3 is 0 Å². The first kappa shape index (κ1) is 15.6. The summed E-state index contributed by atoms with van der Waals surface area (Å²) in [6, 6.07) is 0.163. The van der Waals surface area contributed by atoms with Crippen LogP contribution >= 0.6 is 12.4 Å². The second kappa shape index (κ2) is 6.76. The topological polar surface area (TPSA) is 61.4 Å². The van der Waals surface area contributed by atoms with Crippen LogP contribution in [0.1, 0.15) is 38.5 Å². The van der Waals surface area contributed by atoms with Gasteiger partial charge in [-0.25, -0.2) is 0 Å². The zero-order valence-corrected chi connectivity index (χ0v) is 12.6. The summed E-state index contributed by atoms with van der Waals surface area (Å²) in [7, 11) is 0. The first-order valence-electron chi connectivity index (χ1n) is 7.57. The molecule has 6 heteroatoms. The van der Waals surface area contributed by atoms with Crippen molar-refractivity contribution >= 4 is 24.2 Å². The van der Waals surface area contributed by atoms with Gasteiger partial charge in [0.15, 0.2) is 0 Å². The van der Waals surface area contributed by atoms with Gasteiger partial charge in [0.25, 0.3) is 0 Å². The lowest BCUT2D eigenvalue weighted by molar-refractivity contribution is -0.142. The largest absolute Gasteiger partial charge is 0.352 e. The Kier molecular flexibility index (Phi) is 5.27. The number of carbonyl (C=O) groups excluding carboxylic acids is 2. The van der Waals surface area contributed by atoms with Gasteiger partial charge in [0.1, 0.15) is 6.04 Å². The van der Waals surface area contributed by atoms with Crippen molar-refractivity contribution in [3.05, 3.63) is 0 Å². The molecule has 0 bridgehead atoms. The number of piperidine rings is 1. The number of halogens is 1. The van der Waals surface area contributed by atoms with E-state index in [2.05, 4.69) is 10.6 Å². The van der Waals surface area contributed by atoms with E-state index in [0.717, 1.165) is 58.2 Å². The molecule has 0 spiro atoms. The van der Waals surface area contributed by atoms with Gasteiger partial charge in [0.2, 0.25) is 11.8 Å². The average Bonchev–Trinajstić information content (AvgIpc) is 3.11. The molecule has 0 aromatic carbocycles. The summed E-state index contributed by atoms with van der Waals surface area (Å²) in [6.45, 7) is 2.53. The molecule has 3 fully saturated rings. The first-order chi connectivity index (χ1) is 9.25. The number of nitrogens with one attached hydrogen (secondary N) is 2. The van der Waals surface area contributed by atoms with Gasteiger partial charge in [-0.3, -0.25) is 9.59 Å². The van der Waals surface area contributed by atoms with Crippen molar-refractivity contribution in [2.24, 2.45) is 5.92 Å². The van der Waals surface area contributed by atoms with Gasteiger partial charge in [0, 0.05) is 19.1 Å². The molecule has 0 radical (unpaired) electrons. The maximum atomic E-state index is 12.5. The molecule has 3 aliphatic rings. The van der Waals surface area contributed by atoms with Crippen LogP contribution in [-0.2, 0) is 9.59 Å². The van der Waals surface area contributed by atoms with Crippen LogP contribution in [0.4, 0.5) is 0 Å². The van der Waals surface area contributed by atoms with Crippen LogP contribution in [0, 0.1) is 5.92 Å². The van der Waals surface area contributed by atoms with Crippen molar-refractivity contribution in [2.45, 2.75) is 50.6 Å². The zero-order chi connectivity index (χ0) is 13.2. The lowest BCUT2D eigenvalue weighted by Gasteiger charge is -2.30. The molecule has 2 amide bonds. The van der Waals surface area contributed by atoms with E-state index in [-0.39, 0.29) is 36.2 Å². The predicted molar refractivity (Wildman–Crippen MR) is 78.7 cm³/mol. The number of likely N-dealkylation sites (tertiary alicyclic amines) is 1. The van der Waals surface area contributed by atoms with Crippen molar-refractivity contribution in [3.63, 3.8) is 0 Å². The number of amides is 2. The molecule has 1 saturated carbocycles. The minimum atomic E-state index is -0.213. The summed E-state index contributed by atoms with van der Waals surface area (Å²) in [5, 5.41) is 6.31. The van der Waals surface area contributed by atoms with Crippen LogP contribution < -0.4 is 10.6 Å². The molecule has 1 aliphatic carbocycles. The Morgan fingerprint density at radius 2 is 1.90 bits per heavy atom. The molecule has 20 heavy (non-hydrogen) atoms. The first-order valence-corrected chi connectivity index (χ1v) is 7.57. The Morgan fingerprint density at radius 3 is 2.55 bits per heavy atom. The molecule has 0 aromatic heterocycles. The normalized spacial score (nSPS) is 29.7. The van der Waals surface area contributed by atoms with Crippen LogP contribution in [0.5, 0.6) is 0 Å². The van der Waals surface area contributed by atoms with E-state index >= 15 is 0 Å². The maximum Gasteiger partial charge on any atom is 0.243 e. The minimum absolute atomic E-state index is 0. The summed E-state index contributed by atoms with van der Waals surface area (Å²) < 4.78 is 0. The average molecular weight is 302 g/mol. The molecular weight excluding hydrogens is 278 g/mol. The quantitative estimate of drug-likeness (QED) is 0.806. The van der Waals surface area contributed by atoms with Gasteiger partial charge in [-0.05, 0) is 45.1 Å². The predicted octanol–water partition coefficient (Wildman–Crippen LogP) is 0.677. The molecule has 114 valence electrons. The number of rotatable bonds is 3. The van der Waals surface area contributed by atoms with Gasteiger partial charge in [-0.15, -0.1) is 12.4 Å². The van der Waals surface area contributed by atoms with Crippen molar-refractivity contribution in [1.29, 1.82) is 0 Å². The number of hydrogen-bond acceptors (Lipinski definition) is 3. The highest BCUT2D eigenvalue weighted by molar-refractivity contribution is 5.89. The standard InChI is InChI=1S/C14H23N3O2.ClH/c18-13(16-11-5-6-11)12-4-2-8-17(12)14(19)10-3-1-7-15-9-10;/h10-12,15H,1-9H2,(H,16,18);1H. The fourth-order valence-corrected chi connectivity index (χ4v) is 3.13. The summed E-state index contributed by atoms with van der Waals surface area (Å²) in [6.07, 6.45) is 5.99. The molecule has 3 rings (SSSR count). The summed E-state index contributed by atoms with van der Waals surface area (Å²) in [5.41, 5.74) is 0. The third-order valence-electron chi connectivity index (χ3n) is 4.41. The highest BCUT2D eigenvalue weighted by Crippen LogP contribution is 2.25. The number of carbonyl (C=O) groups is 2. The molecular formula is C14H24ClN3O2. The lowest BCUT2D eigenvalue weighted by Crippen LogP contribution is -2.50. The SMILES string of the molecule is Cl.O=C(NC1CC1)C1CCCN1C(=O)C1CCCNC1. The highest BCUT2D eigenvalue weighted by atomic mass is 35.5. The van der Waals surface area contributed by atoms with Crippen LogP contribution in [-0.4, -0.2) is 48.4 Å². The molecule has 2 unspecified atom stereocenters. The summed E-state index contributed by atoms with van der Waals surface area (Å²) in [5.74, 6) is 0.320. The zero-order valence-electron chi connectivity index (χ0n) is 11.8. The lowest BCUT2D eigenvalue weighted by atomic mass is 9.97. The Labute approximate surface area is 126 Å². The van der Waals surface area contributed by atoms with E-state index in [1.165, 1.54) is 0 Å². The van der Waals surface area contributed by atoms with Crippen molar-refractivity contribution in [3.8, 4) is 0 Å². The molecule has 2 heterocycles. The second-order valence-corrected chi connectivity index (χ2v) is 6.02. The Hall–Kier alpha value is -0.810. The summed E-state index contributed by atoms with van der Waals surface area (Å²) in [4.78, 5) is 26.5. The maximum absolute atomic E-state index is 12.5. The molecule has 2 saturated heterocycles. The monoisotopic (exact) mass is 301 g/mol. The van der Waals surface area contributed by atoms with Crippen molar-refractivity contribution in [2.75, 3.05) is 19.6 Å². The van der Waals surface area contributed by atoms with E-state index < -0.39 is 0 Å². The van der Waals surface area contributed by atoms with E-state index in [1.54, 1.807) is 0 Å². The molecule has 2 N–H and O–H groups in total. The van der Waals surface area contributed by atoms with E-state index in [1.807, 2.05) is 4.90 Å². The van der Waals surface area contributed by atoms with Crippen LogP contribution in [0.15, 0.2) is 0 Å². The third kappa shape index (κ3) is 3.44. The molecule has 2 aliphatic heterocycles. The molecule has 0 aromatic rings. The Balaban J connectivity index is 0.00000147. The molecule has 2 atom stereocenters. The molecule has 5 nitrogen and oxygen atoms in total. The van der Waals surface area contributed by atoms with Crippen molar-refractivity contribution in [1.82, 2.24) is 15.5 Å². The van der Waals surface area contributed by atoms with Gasteiger partial charge < -0.3 is 15.5 Å². The Bertz CT molecular complexity index is 367. The summed E-state index contributed by atoms with van der Waals surface area (Å²) >= 11 is 0.